The van der Waals surface area contributed by atoms with E-state index in [9.17, 15) is 0 Å². The van der Waals surface area contributed by atoms with E-state index in [0.29, 0.717) is 5.56 Å². The van der Waals surface area contributed by atoms with Crippen molar-refractivity contribution in [1.29, 1.82) is 5.26 Å². The van der Waals surface area contributed by atoms with Crippen molar-refractivity contribution in [2.75, 3.05) is 5.32 Å². The van der Waals surface area contributed by atoms with Crippen LogP contribution in [0, 0.1) is 25.2 Å². The second-order valence-electron chi connectivity index (χ2n) is 4.03. The van der Waals surface area contributed by atoms with Gasteiger partial charge in [0.2, 0.25) is 0 Å². The number of benzene rings is 2. The monoisotopic (exact) mass is 222 g/mol. The van der Waals surface area contributed by atoms with Crippen LogP contribution in [0.3, 0.4) is 0 Å². The van der Waals surface area contributed by atoms with Crippen molar-refractivity contribution in [3.63, 3.8) is 0 Å². The maximum atomic E-state index is 9.03. The molecule has 1 N–H and O–H groups in total. The molecule has 2 nitrogen and oxygen atoms in total. The summed E-state index contributed by atoms with van der Waals surface area (Å²) in [7, 11) is 0. The molecule has 17 heavy (non-hydrogen) atoms. The van der Waals surface area contributed by atoms with Crippen molar-refractivity contribution in [3.05, 3.63) is 59.2 Å². The van der Waals surface area contributed by atoms with E-state index in [1.165, 1.54) is 11.1 Å². The zero-order chi connectivity index (χ0) is 12.3. The Kier molecular flexibility index (Phi) is 3.11. The molecule has 0 aliphatic heterocycles. The predicted molar refractivity (Wildman–Crippen MR) is 70.4 cm³/mol. The number of hydrogen-bond acceptors (Lipinski definition) is 2. The van der Waals surface area contributed by atoms with Gasteiger partial charge < -0.3 is 5.32 Å². The third-order valence-electron chi connectivity index (χ3n) is 2.92. The highest BCUT2D eigenvalue weighted by atomic mass is 14.9. The van der Waals surface area contributed by atoms with Gasteiger partial charge in [-0.3, -0.25) is 0 Å². The zero-order valence-electron chi connectivity index (χ0n) is 9.99. The number of anilines is 2. The quantitative estimate of drug-likeness (QED) is 0.836. The van der Waals surface area contributed by atoms with E-state index in [1.54, 1.807) is 0 Å². The van der Waals surface area contributed by atoms with E-state index < -0.39 is 0 Å². The summed E-state index contributed by atoms with van der Waals surface area (Å²) in [6, 6.07) is 15.8. The van der Waals surface area contributed by atoms with Gasteiger partial charge in [0.05, 0.1) is 11.3 Å². The summed E-state index contributed by atoms with van der Waals surface area (Å²) in [6.45, 7) is 4.16. The van der Waals surface area contributed by atoms with Gasteiger partial charge >= 0.3 is 0 Å². The molecule has 0 amide bonds. The lowest BCUT2D eigenvalue weighted by Gasteiger charge is -2.12. The Morgan fingerprint density at radius 3 is 2.41 bits per heavy atom. The first-order valence-corrected chi connectivity index (χ1v) is 5.54. The lowest BCUT2D eigenvalue weighted by molar-refractivity contribution is 1.33. The summed E-state index contributed by atoms with van der Waals surface area (Å²) in [6.07, 6.45) is 0. The molecular formula is C15H14N2. The van der Waals surface area contributed by atoms with E-state index in [2.05, 4.69) is 31.3 Å². The van der Waals surface area contributed by atoms with Crippen molar-refractivity contribution >= 4 is 11.4 Å². The molecule has 0 heterocycles. The number of nitrogens with one attached hydrogen (secondary N) is 1. The molecule has 0 radical (unpaired) electrons. The Labute approximate surface area is 102 Å². The first kappa shape index (κ1) is 11.2. The molecule has 0 aliphatic carbocycles. The standard InChI is InChI=1S/C15H14N2/c1-11-6-5-9-14(12(11)2)17-15-8-4-3-7-13(15)10-16/h3-9,17H,1-2H3. The van der Waals surface area contributed by atoms with Crippen LogP contribution in [0.15, 0.2) is 42.5 Å². The third kappa shape index (κ3) is 2.29. The molecule has 84 valence electrons. The number of para-hydroxylation sites is 1. The molecule has 0 aliphatic rings. The van der Waals surface area contributed by atoms with Crippen LogP contribution >= 0.6 is 0 Å². The van der Waals surface area contributed by atoms with Crippen LogP contribution in [0.5, 0.6) is 0 Å². The number of nitrogens with zero attached hydrogens (tertiary/aromatic N) is 1. The molecular weight excluding hydrogens is 208 g/mol. The minimum atomic E-state index is 0.661. The maximum Gasteiger partial charge on any atom is 0.101 e. The van der Waals surface area contributed by atoms with Gasteiger partial charge in [-0.05, 0) is 43.2 Å². The predicted octanol–water partition coefficient (Wildman–Crippen LogP) is 3.92. The Morgan fingerprint density at radius 2 is 1.65 bits per heavy atom. The molecule has 0 fully saturated rings. The third-order valence-corrected chi connectivity index (χ3v) is 2.92. The van der Waals surface area contributed by atoms with Gasteiger partial charge in [-0.15, -0.1) is 0 Å². The topological polar surface area (TPSA) is 35.8 Å². The summed E-state index contributed by atoms with van der Waals surface area (Å²) in [5, 5.41) is 12.3. The number of rotatable bonds is 2. The summed E-state index contributed by atoms with van der Waals surface area (Å²) in [5.41, 5.74) is 5.01. The fraction of sp³-hybridized carbons (Fsp3) is 0.133. The fourth-order valence-electron chi connectivity index (χ4n) is 1.72. The first-order chi connectivity index (χ1) is 8.22. The van der Waals surface area contributed by atoms with Crippen LogP contribution in [-0.4, -0.2) is 0 Å². The van der Waals surface area contributed by atoms with Crippen molar-refractivity contribution in [1.82, 2.24) is 0 Å². The van der Waals surface area contributed by atoms with Crippen molar-refractivity contribution < 1.29 is 0 Å². The SMILES string of the molecule is Cc1cccc(Nc2ccccc2C#N)c1C. The van der Waals surface area contributed by atoms with E-state index >= 15 is 0 Å². The van der Waals surface area contributed by atoms with Gasteiger partial charge in [0.15, 0.2) is 0 Å². The van der Waals surface area contributed by atoms with Crippen LogP contribution in [0.2, 0.25) is 0 Å². The minimum absolute atomic E-state index is 0.661. The molecule has 2 aromatic rings. The number of aryl methyl sites for hydroxylation is 1. The van der Waals surface area contributed by atoms with Gasteiger partial charge in [-0.2, -0.15) is 5.26 Å². The molecule has 0 aromatic heterocycles. The highest BCUT2D eigenvalue weighted by molar-refractivity contribution is 5.69. The summed E-state index contributed by atoms with van der Waals surface area (Å²) in [5.74, 6) is 0. The van der Waals surface area contributed by atoms with E-state index in [0.717, 1.165) is 11.4 Å². The van der Waals surface area contributed by atoms with E-state index in [1.807, 2.05) is 36.4 Å². The molecule has 0 atom stereocenters. The Morgan fingerprint density at radius 1 is 0.941 bits per heavy atom. The second-order valence-corrected chi connectivity index (χ2v) is 4.03. The second kappa shape index (κ2) is 4.71. The average Bonchev–Trinajstić information content (AvgIpc) is 2.35. The highest BCUT2D eigenvalue weighted by Crippen LogP contribution is 2.24. The molecule has 0 saturated heterocycles. The van der Waals surface area contributed by atoms with Crippen LogP contribution in [0.1, 0.15) is 16.7 Å². The van der Waals surface area contributed by atoms with Gasteiger partial charge in [0.1, 0.15) is 6.07 Å². The normalized spacial score (nSPS) is 9.71. The molecule has 0 spiro atoms. The van der Waals surface area contributed by atoms with Crippen LogP contribution in [-0.2, 0) is 0 Å². The Bertz CT molecular complexity index is 580. The molecule has 2 rings (SSSR count). The lowest BCUT2D eigenvalue weighted by atomic mass is 10.1. The zero-order valence-corrected chi connectivity index (χ0v) is 9.99. The van der Waals surface area contributed by atoms with E-state index in [4.69, 9.17) is 5.26 Å². The van der Waals surface area contributed by atoms with Gasteiger partial charge in [0.25, 0.3) is 0 Å². The number of hydrogen-bond donors (Lipinski definition) is 1. The average molecular weight is 222 g/mol. The Hall–Kier alpha value is -2.27. The molecule has 2 aromatic carbocycles. The summed E-state index contributed by atoms with van der Waals surface area (Å²) >= 11 is 0. The smallest absolute Gasteiger partial charge is 0.101 e. The van der Waals surface area contributed by atoms with Gasteiger partial charge in [-0.25, -0.2) is 0 Å². The Balaban J connectivity index is 2.39. The van der Waals surface area contributed by atoms with Gasteiger partial charge in [0, 0.05) is 5.69 Å². The largest absolute Gasteiger partial charge is 0.354 e. The summed E-state index contributed by atoms with van der Waals surface area (Å²) < 4.78 is 0. The van der Waals surface area contributed by atoms with Crippen molar-refractivity contribution in [2.24, 2.45) is 0 Å². The van der Waals surface area contributed by atoms with Crippen LogP contribution in [0.25, 0.3) is 0 Å². The fourth-order valence-corrected chi connectivity index (χ4v) is 1.72. The summed E-state index contributed by atoms with van der Waals surface area (Å²) in [4.78, 5) is 0. The number of nitriles is 1. The molecule has 0 unspecified atom stereocenters. The van der Waals surface area contributed by atoms with Crippen LogP contribution < -0.4 is 5.32 Å². The van der Waals surface area contributed by atoms with Crippen molar-refractivity contribution in [2.45, 2.75) is 13.8 Å². The highest BCUT2D eigenvalue weighted by Gasteiger charge is 2.04. The maximum absolute atomic E-state index is 9.03. The van der Waals surface area contributed by atoms with E-state index in [-0.39, 0.29) is 0 Å². The lowest BCUT2D eigenvalue weighted by Crippen LogP contribution is -1.96. The molecule has 2 heteroatoms. The van der Waals surface area contributed by atoms with Crippen LogP contribution in [0.4, 0.5) is 11.4 Å². The molecule has 0 saturated carbocycles. The first-order valence-electron chi connectivity index (χ1n) is 5.54. The minimum Gasteiger partial charge on any atom is -0.354 e. The van der Waals surface area contributed by atoms with Gasteiger partial charge in [-0.1, -0.05) is 24.3 Å². The molecule has 0 bridgehead atoms. The van der Waals surface area contributed by atoms with Crippen molar-refractivity contribution in [3.8, 4) is 6.07 Å².